The van der Waals surface area contributed by atoms with Crippen LogP contribution in [0.1, 0.15) is 89.5 Å². The number of carbonyl (C=O) groups is 1. The molecule has 4 unspecified atom stereocenters. The molecular formula is C29H38F4O2. The fraction of sp³-hybridized carbons (Fsp3) is 0.690. The van der Waals surface area contributed by atoms with Crippen LogP contribution in [0, 0.1) is 41.3 Å². The van der Waals surface area contributed by atoms with Gasteiger partial charge in [-0.2, -0.15) is 13.2 Å². The molecule has 4 atom stereocenters. The van der Waals surface area contributed by atoms with Crippen molar-refractivity contribution >= 4 is 5.97 Å². The fourth-order valence-corrected chi connectivity index (χ4v) is 7.03. The molecule has 3 fully saturated rings. The Morgan fingerprint density at radius 2 is 1.57 bits per heavy atom. The number of hydrogen-bond acceptors (Lipinski definition) is 2. The average molecular weight is 495 g/mol. The molecule has 194 valence electrons. The van der Waals surface area contributed by atoms with E-state index in [4.69, 9.17) is 4.74 Å². The SMILES string of the molecule is C/C=C/CCC1CCC2CC(C3CCC(C(=O)Oc4ccc(C(F)(F)F)c(F)c4)CC3)CCC2C1. The molecule has 0 amide bonds. The molecule has 1 aromatic rings. The molecule has 3 aliphatic rings. The molecule has 0 heterocycles. The lowest BCUT2D eigenvalue weighted by Crippen LogP contribution is -2.35. The van der Waals surface area contributed by atoms with E-state index in [1.54, 1.807) is 0 Å². The van der Waals surface area contributed by atoms with Crippen LogP contribution in [0.4, 0.5) is 17.6 Å². The Labute approximate surface area is 206 Å². The number of allylic oxidation sites excluding steroid dienone is 2. The van der Waals surface area contributed by atoms with Gasteiger partial charge in [-0.05, 0) is 119 Å². The topological polar surface area (TPSA) is 26.3 Å². The molecule has 0 bridgehead atoms. The van der Waals surface area contributed by atoms with Crippen LogP contribution in [0.2, 0.25) is 0 Å². The van der Waals surface area contributed by atoms with Gasteiger partial charge in [-0.1, -0.05) is 18.6 Å². The third kappa shape index (κ3) is 6.68. The summed E-state index contributed by atoms with van der Waals surface area (Å²) in [5.74, 6) is 1.74. The summed E-state index contributed by atoms with van der Waals surface area (Å²) in [6.45, 7) is 2.09. The molecule has 0 aliphatic heterocycles. The van der Waals surface area contributed by atoms with Crippen molar-refractivity contribution in [3.63, 3.8) is 0 Å². The number of carbonyl (C=O) groups excluding carboxylic acids is 1. The zero-order valence-corrected chi connectivity index (χ0v) is 20.7. The number of rotatable bonds is 6. The highest BCUT2D eigenvalue weighted by molar-refractivity contribution is 5.75. The largest absolute Gasteiger partial charge is 0.426 e. The zero-order chi connectivity index (χ0) is 25.0. The predicted octanol–water partition coefficient (Wildman–Crippen LogP) is 8.75. The highest BCUT2D eigenvalue weighted by Crippen LogP contribution is 2.49. The molecule has 0 aromatic heterocycles. The number of alkyl halides is 3. The second-order valence-corrected chi connectivity index (χ2v) is 11.1. The molecule has 1 aromatic carbocycles. The van der Waals surface area contributed by atoms with Gasteiger partial charge in [0.05, 0.1) is 11.5 Å². The van der Waals surface area contributed by atoms with E-state index in [0.717, 1.165) is 55.4 Å². The maximum absolute atomic E-state index is 13.8. The summed E-state index contributed by atoms with van der Waals surface area (Å²) >= 11 is 0. The van der Waals surface area contributed by atoms with Crippen LogP contribution in [0.3, 0.4) is 0 Å². The van der Waals surface area contributed by atoms with Crippen molar-refractivity contribution in [3.8, 4) is 5.75 Å². The van der Waals surface area contributed by atoms with E-state index in [1.807, 2.05) is 0 Å². The third-order valence-electron chi connectivity index (χ3n) is 8.98. The minimum absolute atomic E-state index is 0.165. The van der Waals surface area contributed by atoms with Crippen molar-refractivity contribution in [1.29, 1.82) is 0 Å². The van der Waals surface area contributed by atoms with E-state index in [1.165, 1.54) is 51.4 Å². The molecule has 0 N–H and O–H groups in total. The lowest BCUT2D eigenvalue weighted by Gasteiger charge is -2.45. The van der Waals surface area contributed by atoms with Crippen molar-refractivity contribution in [3.05, 3.63) is 41.7 Å². The molecular weight excluding hydrogens is 456 g/mol. The molecule has 4 rings (SSSR count). The number of fused-ring (bicyclic) bond motifs is 1. The van der Waals surface area contributed by atoms with Crippen LogP contribution in [0.25, 0.3) is 0 Å². The molecule has 6 heteroatoms. The highest BCUT2D eigenvalue weighted by atomic mass is 19.4. The average Bonchev–Trinajstić information content (AvgIpc) is 2.83. The van der Waals surface area contributed by atoms with Crippen molar-refractivity contribution < 1.29 is 27.1 Å². The first kappa shape index (κ1) is 26.2. The van der Waals surface area contributed by atoms with Gasteiger partial charge in [0.15, 0.2) is 0 Å². The van der Waals surface area contributed by atoms with Gasteiger partial charge in [-0.15, -0.1) is 0 Å². The Hall–Kier alpha value is -1.85. The van der Waals surface area contributed by atoms with Crippen LogP contribution in [0.15, 0.2) is 30.4 Å². The van der Waals surface area contributed by atoms with E-state index in [9.17, 15) is 22.4 Å². The van der Waals surface area contributed by atoms with Crippen molar-refractivity contribution in [1.82, 2.24) is 0 Å². The van der Waals surface area contributed by atoms with Gasteiger partial charge in [0, 0.05) is 6.07 Å². The quantitative estimate of drug-likeness (QED) is 0.171. The lowest BCUT2D eigenvalue weighted by atomic mass is 9.60. The van der Waals surface area contributed by atoms with E-state index in [2.05, 4.69) is 19.1 Å². The minimum Gasteiger partial charge on any atom is -0.426 e. The smallest absolute Gasteiger partial charge is 0.419 e. The molecule has 35 heavy (non-hydrogen) atoms. The van der Waals surface area contributed by atoms with Gasteiger partial charge in [-0.3, -0.25) is 4.79 Å². The summed E-state index contributed by atoms with van der Waals surface area (Å²) in [7, 11) is 0. The highest BCUT2D eigenvalue weighted by Gasteiger charge is 2.39. The molecule has 0 saturated heterocycles. The predicted molar refractivity (Wildman–Crippen MR) is 128 cm³/mol. The number of ether oxygens (including phenoxy) is 1. The first-order valence-electron chi connectivity index (χ1n) is 13.4. The van der Waals surface area contributed by atoms with Crippen molar-refractivity contribution in [2.75, 3.05) is 0 Å². The molecule has 0 radical (unpaired) electrons. The van der Waals surface area contributed by atoms with Crippen molar-refractivity contribution in [2.24, 2.45) is 35.5 Å². The van der Waals surface area contributed by atoms with Crippen molar-refractivity contribution in [2.45, 2.75) is 90.1 Å². The Bertz CT molecular complexity index is 885. The van der Waals surface area contributed by atoms with Gasteiger partial charge in [0.25, 0.3) is 0 Å². The molecule has 0 spiro atoms. The summed E-state index contributed by atoms with van der Waals surface area (Å²) in [5, 5.41) is 0. The summed E-state index contributed by atoms with van der Waals surface area (Å²) in [5.41, 5.74) is -1.35. The number of benzene rings is 1. The maximum Gasteiger partial charge on any atom is 0.419 e. The van der Waals surface area contributed by atoms with Gasteiger partial charge >= 0.3 is 12.1 Å². The van der Waals surface area contributed by atoms with Crippen LogP contribution in [-0.2, 0) is 11.0 Å². The Morgan fingerprint density at radius 1 is 0.943 bits per heavy atom. The van der Waals surface area contributed by atoms with E-state index >= 15 is 0 Å². The fourth-order valence-electron chi connectivity index (χ4n) is 7.03. The summed E-state index contributed by atoms with van der Waals surface area (Å²) in [6.07, 6.45) is 13.8. The Balaban J connectivity index is 1.22. The number of hydrogen-bond donors (Lipinski definition) is 0. The maximum atomic E-state index is 13.8. The monoisotopic (exact) mass is 494 g/mol. The van der Waals surface area contributed by atoms with Gasteiger partial charge in [-0.25, -0.2) is 4.39 Å². The second kappa shape index (κ2) is 11.5. The van der Waals surface area contributed by atoms with Crippen LogP contribution in [0.5, 0.6) is 5.75 Å². The number of halogens is 4. The molecule has 3 saturated carbocycles. The van der Waals surface area contributed by atoms with Crippen LogP contribution >= 0.6 is 0 Å². The third-order valence-corrected chi connectivity index (χ3v) is 8.98. The second-order valence-electron chi connectivity index (χ2n) is 11.1. The molecule has 3 aliphatic carbocycles. The van der Waals surface area contributed by atoms with E-state index < -0.39 is 23.5 Å². The van der Waals surface area contributed by atoms with E-state index in [0.29, 0.717) is 18.1 Å². The van der Waals surface area contributed by atoms with Crippen LogP contribution < -0.4 is 4.74 Å². The first-order chi connectivity index (χ1) is 16.7. The van der Waals surface area contributed by atoms with Gasteiger partial charge < -0.3 is 4.74 Å². The Kier molecular flexibility index (Phi) is 8.59. The lowest BCUT2D eigenvalue weighted by molar-refractivity contribution is -0.140. The first-order valence-corrected chi connectivity index (χ1v) is 13.4. The van der Waals surface area contributed by atoms with Gasteiger partial charge in [0.2, 0.25) is 0 Å². The van der Waals surface area contributed by atoms with E-state index in [-0.39, 0.29) is 11.7 Å². The van der Waals surface area contributed by atoms with Gasteiger partial charge in [0.1, 0.15) is 11.6 Å². The molecule has 2 nitrogen and oxygen atoms in total. The number of esters is 1. The summed E-state index contributed by atoms with van der Waals surface area (Å²) < 4.78 is 57.3. The van der Waals surface area contributed by atoms with Crippen LogP contribution in [-0.4, -0.2) is 5.97 Å². The summed E-state index contributed by atoms with van der Waals surface area (Å²) in [4.78, 5) is 12.6. The Morgan fingerprint density at radius 3 is 2.23 bits per heavy atom. The zero-order valence-electron chi connectivity index (χ0n) is 20.7. The standard InChI is InChI=1S/C29H38F4O2/c1-2-3-4-5-19-6-7-24-17-23(13-12-22(24)16-19)20-8-10-21(11-9-20)28(34)35-25-14-15-26(27(30)18-25)29(31,32)33/h2-3,14-15,18-24H,4-13,16-17H2,1H3/b3-2+. The summed E-state index contributed by atoms with van der Waals surface area (Å²) in [6, 6.07) is 2.30. The normalized spacial score (nSPS) is 31.8. The minimum atomic E-state index is -4.77.